The molecule has 2 bridgehead atoms. The molecule has 0 N–H and O–H groups in total. The van der Waals surface area contributed by atoms with Gasteiger partial charge in [0.25, 0.3) is 0 Å². The highest BCUT2D eigenvalue weighted by atomic mass is 16.6. The van der Waals surface area contributed by atoms with Gasteiger partial charge in [-0.3, -0.25) is 9.59 Å². The molecule has 1 saturated heterocycles. The molecular formula is C23H30O6. The molecule has 1 aromatic rings. The van der Waals surface area contributed by atoms with Crippen LogP contribution in [0.4, 0.5) is 0 Å². The van der Waals surface area contributed by atoms with Gasteiger partial charge in [0.1, 0.15) is 0 Å². The van der Waals surface area contributed by atoms with E-state index in [0.717, 1.165) is 5.56 Å². The first-order chi connectivity index (χ1) is 13.7. The molecule has 1 fully saturated rings. The van der Waals surface area contributed by atoms with Crippen molar-refractivity contribution in [2.24, 2.45) is 23.2 Å². The van der Waals surface area contributed by atoms with Gasteiger partial charge in [-0.25, -0.2) is 0 Å². The lowest BCUT2D eigenvalue weighted by Gasteiger charge is -2.55. The average molecular weight is 402 g/mol. The molecule has 0 radical (unpaired) electrons. The van der Waals surface area contributed by atoms with E-state index in [1.807, 2.05) is 12.1 Å². The molecule has 0 spiro atoms. The molecular weight excluding hydrogens is 372 g/mol. The summed E-state index contributed by atoms with van der Waals surface area (Å²) in [7, 11) is 1.55. The number of fused-ring (bicyclic) bond motifs is 2. The Morgan fingerprint density at radius 1 is 1.17 bits per heavy atom. The highest BCUT2D eigenvalue weighted by Gasteiger charge is 2.54. The Hall–Kier alpha value is -2.34. The zero-order chi connectivity index (χ0) is 21.3. The highest BCUT2D eigenvalue weighted by Crippen LogP contribution is 2.56. The second kappa shape index (κ2) is 8.19. The van der Waals surface area contributed by atoms with E-state index in [9.17, 15) is 9.59 Å². The summed E-state index contributed by atoms with van der Waals surface area (Å²) in [6.45, 7) is 10.2. The number of ether oxygens (including phenoxy) is 4. The fraction of sp³-hybridized carbons (Fsp3) is 0.565. The van der Waals surface area contributed by atoms with E-state index in [2.05, 4.69) is 26.8 Å². The summed E-state index contributed by atoms with van der Waals surface area (Å²) in [6.07, 6.45) is 2.13. The van der Waals surface area contributed by atoms with Crippen LogP contribution in [0.25, 0.3) is 0 Å². The quantitative estimate of drug-likeness (QED) is 0.420. The van der Waals surface area contributed by atoms with Gasteiger partial charge in [0.15, 0.2) is 11.5 Å². The topological polar surface area (TPSA) is 71.1 Å². The Balaban J connectivity index is 1.95. The molecule has 6 heteroatoms. The number of carbonyl (C=O) groups is 2. The summed E-state index contributed by atoms with van der Waals surface area (Å²) < 4.78 is 22.5. The maximum atomic E-state index is 11.5. The van der Waals surface area contributed by atoms with Crippen molar-refractivity contribution < 1.29 is 28.5 Å². The van der Waals surface area contributed by atoms with Crippen LogP contribution in [0.2, 0.25) is 0 Å². The molecule has 1 aliphatic heterocycles. The fourth-order valence-corrected chi connectivity index (χ4v) is 4.89. The summed E-state index contributed by atoms with van der Waals surface area (Å²) in [5.41, 5.74) is 2.00. The summed E-state index contributed by atoms with van der Waals surface area (Å²) in [4.78, 5) is 22.8. The molecule has 1 aliphatic carbocycles. The molecule has 29 heavy (non-hydrogen) atoms. The molecule has 2 aliphatic rings. The molecule has 0 amide bonds. The second-order valence-electron chi connectivity index (χ2n) is 8.26. The predicted octanol–water partition coefficient (Wildman–Crippen LogP) is 4.09. The number of hydrogen-bond donors (Lipinski definition) is 0. The maximum absolute atomic E-state index is 11.5. The number of esters is 2. The minimum absolute atomic E-state index is 0.153. The van der Waals surface area contributed by atoms with Gasteiger partial charge >= 0.3 is 11.9 Å². The third-order valence-corrected chi connectivity index (χ3v) is 6.56. The van der Waals surface area contributed by atoms with Crippen molar-refractivity contribution in [3.63, 3.8) is 0 Å². The van der Waals surface area contributed by atoms with Gasteiger partial charge in [0, 0.05) is 25.2 Å². The van der Waals surface area contributed by atoms with Crippen molar-refractivity contribution in [1.82, 2.24) is 0 Å². The zero-order valence-electron chi connectivity index (χ0n) is 18.0. The van der Waals surface area contributed by atoms with Gasteiger partial charge in [0.2, 0.25) is 0 Å². The highest BCUT2D eigenvalue weighted by molar-refractivity contribution is 5.70. The monoisotopic (exact) mass is 402 g/mol. The Morgan fingerprint density at radius 2 is 1.90 bits per heavy atom. The predicted molar refractivity (Wildman–Crippen MR) is 108 cm³/mol. The first-order valence-electron chi connectivity index (χ1n) is 9.99. The molecule has 1 aromatic carbocycles. The number of carbonyl (C=O) groups excluding carboxylic acids is 2. The van der Waals surface area contributed by atoms with Gasteiger partial charge in [-0.15, -0.1) is 0 Å². The molecule has 0 unspecified atom stereocenters. The van der Waals surface area contributed by atoms with E-state index >= 15 is 0 Å². The number of rotatable bonds is 5. The van der Waals surface area contributed by atoms with Crippen LogP contribution in [-0.4, -0.2) is 32.3 Å². The Labute approximate surface area is 172 Å². The first kappa shape index (κ1) is 21.4. The van der Waals surface area contributed by atoms with E-state index in [-0.39, 0.29) is 35.2 Å². The summed E-state index contributed by atoms with van der Waals surface area (Å²) in [5.74, 6) is 0.885. The van der Waals surface area contributed by atoms with Gasteiger partial charge in [-0.1, -0.05) is 31.6 Å². The molecule has 3 rings (SSSR count). The third-order valence-electron chi connectivity index (χ3n) is 6.56. The van der Waals surface area contributed by atoms with Crippen LogP contribution < -0.4 is 9.47 Å². The second-order valence-corrected chi connectivity index (χ2v) is 8.26. The Kier molecular flexibility index (Phi) is 6.03. The van der Waals surface area contributed by atoms with Crippen molar-refractivity contribution in [2.75, 3.05) is 20.3 Å². The van der Waals surface area contributed by atoms with E-state index in [0.29, 0.717) is 24.7 Å². The lowest BCUT2D eigenvalue weighted by atomic mass is 9.56. The average Bonchev–Trinajstić information content (AvgIpc) is 2.65. The standard InChI is InChI=1S/C23H30O6/c1-13-9-14(2)23(11-27-16(4)24)12-28-22(21(13)15(23)3)18-7-8-19(29-17(5)25)20(10-18)26-6/h7-10,14-15,21-22H,11-12H2,1-6H3/t14-,15-,21+,22+,23+/m1/s1. The van der Waals surface area contributed by atoms with Crippen LogP contribution in [0.1, 0.15) is 46.3 Å². The fourth-order valence-electron chi connectivity index (χ4n) is 4.89. The third kappa shape index (κ3) is 3.90. The van der Waals surface area contributed by atoms with Crippen molar-refractivity contribution in [3.8, 4) is 11.5 Å². The minimum atomic E-state index is -0.395. The molecule has 0 saturated carbocycles. The van der Waals surface area contributed by atoms with Crippen LogP contribution in [0, 0.1) is 23.2 Å². The van der Waals surface area contributed by atoms with Gasteiger partial charge < -0.3 is 18.9 Å². The molecule has 0 aromatic heterocycles. The van der Waals surface area contributed by atoms with Crippen molar-refractivity contribution in [1.29, 1.82) is 0 Å². The van der Waals surface area contributed by atoms with Gasteiger partial charge in [-0.2, -0.15) is 0 Å². The van der Waals surface area contributed by atoms with E-state index in [4.69, 9.17) is 18.9 Å². The smallest absolute Gasteiger partial charge is 0.308 e. The van der Waals surface area contributed by atoms with Gasteiger partial charge in [-0.05, 0) is 36.5 Å². The molecule has 1 heterocycles. The van der Waals surface area contributed by atoms with Crippen molar-refractivity contribution >= 4 is 11.9 Å². The van der Waals surface area contributed by atoms with Crippen LogP contribution >= 0.6 is 0 Å². The summed E-state index contributed by atoms with van der Waals surface area (Å²) >= 11 is 0. The normalized spacial score (nSPS) is 30.9. The first-order valence-corrected chi connectivity index (χ1v) is 9.99. The van der Waals surface area contributed by atoms with Crippen LogP contribution in [0.3, 0.4) is 0 Å². The lowest BCUT2D eigenvalue weighted by Crippen LogP contribution is -2.54. The molecule has 5 atom stereocenters. The molecule has 6 nitrogen and oxygen atoms in total. The van der Waals surface area contributed by atoms with Crippen molar-refractivity contribution in [2.45, 2.75) is 40.7 Å². The largest absolute Gasteiger partial charge is 0.493 e. The van der Waals surface area contributed by atoms with E-state index in [1.54, 1.807) is 13.2 Å². The number of allylic oxidation sites excluding steroid dienone is 1. The zero-order valence-corrected chi connectivity index (χ0v) is 18.0. The SMILES string of the molecule is COc1cc([C@@H]2OC[C@@]3(COC(C)=O)[C@H](C)C=C(C)[C@H]2[C@H]3C)ccc1OC(C)=O. The number of methoxy groups -OCH3 is 1. The van der Waals surface area contributed by atoms with Crippen LogP contribution in [-0.2, 0) is 19.1 Å². The summed E-state index contributed by atoms with van der Waals surface area (Å²) in [5, 5.41) is 0. The Morgan fingerprint density at radius 3 is 2.52 bits per heavy atom. The van der Waals surface area contributed by atoms with Crippen molar-refractivity contribution in [3.05, 3.63) is 35.4 Å². The Bertz CT molecular complexity index is 829. The summed E-state index contributed by atoms with van der Waals surface area (Å²) in [6, 6.07) is 5.54. The lowest BCUT2D eigenvalue weighted by molar-refractivity contribution is -0.180. The number of hydrogen-bond acceptors (Lipinski definition) is 6. The van der Waals surface area contributed by atoms with Crippen LogP contribution in [0.15, 0.2) is 29.8 Å². The minimum Gasteiger partial charge on any atom is -0.493 e. The van der Waals surface area contributed by atoms with E-state index < -0.39 is 5.97 Å². The number of benzene rings is 1. The van der Waals surface area contributed by atoms with Crippen LogP contribution in [0.5, 0.6) is 11.5 Å². The molecule has 158 valence electrons. The maximum Gasteiger partial charge on any atom is 0.308 e. The van der Waals surface area contributed by atoms with Gasteiger partial charge in [0.05, 0.1) is 26.4 Å². The van der Waals surface area contributed by atoms with E-state index in [1.165, 1.54) is 19.4 Å².